The molecule has 2 heteroatoms. The normalized spacial score (nSPS) is 12.7. The summed E-state index contributed by atoms with van der Waals surface area (Å²) in [6, 6.07) is 11.2. The average Bonchev–Trinajstić information content (AvgIpc) is 2.42. The molecule has 20 heavy (non-hydrogen) atoms. The lowest BCUT2D eigenvalue weighted by Crippen LogP contribution is -2.20. The molecule has 2 aromatic rings. The first-order valence-corrected chi connectivity index (χ1v) is 7.23. The highest BCUT2D eigenvalue weighted by Gasteiger charge is 2.15. The molecule has 1 N–H and O–H groups in total. The minimum atomic E-state index is 0.150. The summed E-state index contributed by atoms with van der Waals surface area (Å²) in [5, 5.41) is 3.38. The number of hydrogen-bond donors (Lipinski definition) is 1. The van der Waals surface area contributed by atoms with Gasteiger partial charge < -0.3 is 5.32 Å². The smallest absolute Gasteiger partial charge is 0.0751 e. The van der Waals surface area contributed by atoms with Crippen LogP contribution in [0.5, 0.6) is 0 Å². The number of rotatable bonds is 4. The number of aryl methyl sites for hydroxylation is 2. The molecule has 1 unspecified atom stereocenters. The number of pyridine rings is 1. The zero-order chi connectivity index (χ0) is 14.7. The first-order chi connectivity index (χ1) is 9.52. The summed E-state index contributed by atoms with van der Waals surface area (Å²) in [5.74, 6) is 0.566. The van der Waals surface area contributed by atoms with Gasteiger partial charge in [-0.05, 0) is 49.1 Å². The molecular formula is C18H24N2. The predicted octanol–water partition coefficient (Wildman–Crippen LogP) is 4.13. The molecule has 1 aromatic heterocycles. The standard InChI is InChI=1S/C18H24N2/c1-12(2)15-6-8-16(9-7-15)18(19-5)17-14(4)10-13(3)11-20-17/h6-12,18-19H,1-5H3. The Labute approximate surface area is 122 Å². The van der Waals surface area contributed by atoms with Crippen LogP contribution in [0.1, 0.15) is 53.8 Å². The summed E-state index contributed by atoms with van der Waals surface area (Å²) in [6.07, 6.45) is 1.94. The van der Waals surface area contributed by atoms with Crippen molar-refractivity contribution in [3.63, 3.8) is 0 Å². The lowest BCUT2D eigenvalue weighted by Gasteiger charge is -2.19. The van der Waals surface area contributed by atoms with Gasteiger partial charge in [0.1, 0.15) is 0 Å². The van der Waals surface area contributed by atoms with E-state index in [-0.39, 0.29) is 6.04 Å². The second-order valence-corrected chi connectivity index (χ2v) is 5.76. The first-order valence-electron chi connectivity index (χ1n) is 7.23. The van der Waals surface area contributed by atoms with E-state index in [1.807, 2.05) is 13.2 Å². The first kappa shape index (κ1) is 14.7. The van der Waals surface area contributed by atoms with E-state index >= 15 is 0 Å². The lowest BCUT2D eigenvalue weighted by molar-refractivity contribution is 0.664. The zero-order valence-corrected chi connectivity index (χ0v) is 13.1. The fourth-order valence-corrected chi connectivity index (χ4v) is 2.56. The molecule has 0 saturated carbocycles. The van der Waals surface area contributed by atoms with E-state index in [0.717, 1.165) is 5.69 Å². The van der Waals surface area contributed by atoms with Crippen LogP contribution in [0.25, 0.3) is 0 Å². The maximum atomic E-state index is 4.62. The molecule has 2 nitrogen and oxygen atoms in total. The highest BCUT2D eigenvalue weighted by molar-refractivity contribution is 5.35. The summed E-state index contributed by atoms with van der Waals surface area (Å²) < 4.78 is 0. The summed E-state index contributed by atoms with van der Waals surface area (Å²) in [4.78, 5) is 4.62. The molecule has 2 rings (SSSR count). The van der Waals surface area contributed by atoms with Gasteiger partial charge >= 0.3 is 0 Å². The van der Waals surface area contributed by atoms with Gasteiger partial charge in [-0.3, -0.25) is 4.98 Å². The van der Waals surface area contributed by atoms with Crippen LogP contribution in [0.3, 0.4) is 0 Å². The van der Waals surface area contributed by atoms with Crippen molar-refractivity contribution in [3.8, 4) is 0 Å². The van der Waals surface area contributed by atoms with Crippen molar-refractivity contribution in [1.82, 2.24) is 10.3 Å². The van der Waals surface area contributed by atoms with Crippen LogP contribution in [0.2, 0.25) is 0 Å². The second-order valence-electron chi connectivity index (χ2n) is 5.76. The maximum Gasteiger partial charge on any atom is 0.0751 e. The zero-order valence-electron chi connectivity index (χ0n) is 13.1. The van der Waals surface area contributed by atoms with Gasteiger partial charge in [0.05, 0.1) is 11.7 Å². The van der Waals surface area contributed by atoms with Crippen molar-refractivity contribution < 1.29 is 0 Å². The number of benzene rings is 1. The van der Waals surface area contributed by atoms with Crippen LogP contribution >= 0.6 is 0 Å². The Kier molecular flexibility index (Phi) is 4.56. The van der Waals surface area contributed by atoms with Gasteiger partial charge in [0.15, 0.2) is 0 Å². The SMILES string of the molecule is CNC(c1ccc(C(C)C)cc1)c1ncc(C)cc1C. The topological polar surface area (TPSA) is 24.9 Å². The van der Waals surface area contributed by atoms with Gasteiger partial charge in [0.2, 0.25) is 0 Å². The van der Waals surface area contributed by atoms with Gasteiger partial charge in [-0.15, -0.1) is 0 Å². The Hall–Kier alpha value is -1.67. The maximum absolute atomic E-state index is 4.62. The predicted molar refractivity (Wildman–Crippen MR) is 85.1 cm³/mol. The molecule has 0 bridgehead atoms. The molecule has 0 fully saturated rings. The van der Waals surface area contributed by atoms with Gasteiger partial charge in [-0.1, -0.05) is 44.2 Å². The van der Waals surface area contributed by atoms with Crippen molar-refractivity contribution in [3.05, 3.63) is 64.5 Å². The minimum Gasteiger partial charge on any atom is -0.308 e. The van der Waals surface area contributed by atoms with Crippen LogP contribution in [0.4, 0.5) is 0 Å². The number of nitrogens with zero attached hydrogens (tertiary/aromatic N) is 1. The molecule has 1 heterocycles. The third-order valence-corrected chi connectivity index (χ3v) is 3.75. The Morgan fingerprint density at radius 3 is 2.10 bits per heavy atom. The van der Waals surface area contributed by atoms with Gasteiger partial charge in [-0.25, -0.2) is 0 Å². The van der Waals surface area contributed by atoms with E-state index in [2.05, 4.69) is 68.3 Å². The Balaban J connectivity index is 2.36. The van der Waals surface area contributed by atoms with Gasteiger partial charge in [0.25, 0.3) is 0 Å². The van der Waals surface area contributed by atoms with E-state index in [1.54, 1.807) is 0 Å². The number of nitrogens with one attached hydrogen (secondary N) is 1. The third-order valence-electron chi connectivity index (χ3n) is 3.75. The molecule has 0 amide bonds. The monoisotopic (exact) mass is 268 g/mol. The van der Waals surface area contributed by atoms with Crippen molar-refractivity contribution in [1.29, 1.82) is 0 Å². The summed E-state index contributed by atoms with van der Waals surface area (Å²) >= 11 is 0. The summed E-state index contributed by atoms with van der Waals surface area (Å²) in [5.41, 5.74) is 6.18. The molecule has 106 valence electrons. The van der Waals surface area contributed by atoms with E-state index in [9.17, 15) is 0 Å². The van der Waals surface area contributed by atoms with Crippen LogP contribution in [0.15, 0.2) is 36.5 Å². The number of hydrogen-bond acceptors (Lipinski definition) is 2. The highest BCUT2D eigenvalue weighted by Crippen LogP contribution is 2.25. The van der Waals surface area contributed by atoms with Crippen molar-refractivity contribution in [2.75, 3.05) is 7.05 Å². The molecular weight excluding hydrogens is 244 g/mol. The highest BCUT2D eigenvalue weighted by atomic mass is 14.9. The molecule has 0 radical (unpaired) electrons. The van der Waals surface area contributed by atoms with Crippen LogP contribution in [0, 0.1) is 13.8 Å². The van der Waals surface area contributed by atoms with Crippen molar-refractivity contribution in [2.45, 2.75) is 39.7 Å². The quantitative estimate of drug-likeness (QED) is 0.901. The fraction of sp³-hybridized carbons (Fsp3) is 0.389. The van der Waals surface area contributed by atoms with Crippen LogP contribution < -0.4 is 5.32 Å². The fourth-order valence-electron chi connectivity index (χ4n) is 2.56. The van der Waals surface area contributed by atoms with Crippen LogP contribution in [-0.2, 0) is 0 Å². The second kappa shape index (κ2) is 6.19. The Morgan fingerprint density at radius 2 is 1.60 bits per heavy atom. The molecule has 0 aliphatic heterocycles. The summed E-state index contributed by atoms with van der Waals surface area (Å²) in [7, 11) is 1.99. The lowest BCUT2D eigenvalue weighted by atomic mass is 9.96. The molecule has 0 aliphatic carbocycles. The van der Waals surface area contributed by atoms with Gasteiger partial charge in [-0.2, -0.15) is 0 Å². The number of aromatic nitrogens is 1. The van der Waals surface area contributed by atoms with Crippen molar-refractivity contribution in [2.24, 2.45) is 0 Å². The van der Waals surface area contributed by atoms with E-state index in [4.69, 9.17) is 0 Å². The third kappa shape index (κ3) is 3.07. The molecule has 1 aromatic carbocycles. The Morgan fingerprint density at radius 1 is 1.00 bits per heavy atom. The summed E-state index contributed by atoms with van der Waals surface area (Å²) in [6.45, 7) is 8.64. The van der Waals surface area contributed by atoms with E-state index in [1.165, 1.54) is 22.3 Å². The van der Waals surface area contributed by atoms with Crippen LogP contribution in [-0.4, -0.2) is 12.0 Å². The van der Waals surface area contributed by atoms with E-state index in [0.29, 0.717) is 5.92 Å². The molecule has 1 atom stereocenters. The minimum absolute atomic E-state index is 0.150. The van der Waals surface area contributed by atoms with E-state index < -0.39 is 0 Å². The molecule has 0 aliphatic rings. The largest absolute Gasteiger partial charge is 0.308 e. The molecule has 0 spiro atoms. The Bertz CT molecular complexity index is 570. The average molecular weight is 268 g/mol. The van der Waals surface area contributed by atoms with Gasteiger partial charge in [0, 0.05) is 6.20 Å². The molecule has 0 saturated heterocycles. The van der Waals surface area contributed by atoms with Crippen molar-refractivity contribution >= 4 is 0 Å².